The number of aromatic nitrogens is 3. The van der Waals surface area contributed by atoms with Crippen LogP contribution in [-0.2, 0) is 32.0 Å². The topological polar surface area (TPSA) is 276 Å². The minimum Gasteiger partial charge on any atom is -0.480 e. The van der Waals surface area contributed by atoms with Gasteiger partial charge in [-0.1, -0.05) is 11.6 Å². The van der Waals surface area contributed by atoms with Gasteiger partial charge in [0.15, 0.2) is 0 Å². The van der Waals surface area contributed by atoms with E-state index in [-0.39, 0.29) is 44.0 Å². The molecule has 0 radical (unpaired) electrons. The number of benzene rings is 2. The predicted molar refractivity (Wildman–Crippen MR) is 210 cm³/mol. The van der Waals surface area contributed by atoms with Crippen molar-refractivity contribution in [3.8, 4) is 0 Å². The third-order valence-corrected chi connectivity index (χ3v) is 10.1. The van der Waals surface area contributed by atoms with Crippen molar-refractivity contribution in [3.05, 3.63) is 96.9 Å². The number of fused-ring (bicyclic) bond motifs is 1. The summed E-state index contributed by atoms with van der Waals surface area (Å²) >= 11 is 8.17. The number of nitrogens with zero attached hydrogens (tertiary/aromatic N) is 5. The van der Waals surface area contributed by atoms with E-state index in [0.29, 0.717) is 28.9 Å². The van der Waals surface area contributed by atoms with Crippen molar-refractivity contribution in [1.82, 2.24) is 25.1 Å². The number of carboxylic acids is 2. The van der Waals surface area contributed by atoms with Crippen molar-refractivity contribution >= 4 is 83.3 Å². The monoisotopic (exact) mass is 906 g/mol. The molecule has 0 saturated carbocycles. The molecule has 0 unspecified atom stereocenters. The molecule has 1 aliphatic heterocycles. The number of halogens is 4. The summed E-state index contributed by atoms with van der Waals surface area (Å²) in [6.07, 6.45) is 2.68. The van der Waals surface area contributed by atoms with E-state index >= 15 is 0 Å². The third kappa shape index (κ3) is 16.1. The van der Waals surface area contributed by atoms with Crippen LogP contribution in [0.5, 0.6) is 0 Å². The Kier molecular flexibility index (Phi) is 18.5. The summed E-state index contributed by atoms with van der Waals surface area (Å²) in [4.78, 5) is 81.3. The molecular weight excluding hydrogens is 872 g/mol. The smallest absolute Gasteiger partial charge is 0.339 e. The molecule has 2 aromatic heterocycles. The molecule has 26 heteroatoms. The van der Waals surface area contributed by atoms with Gasteiger partial charge in [0.05, 0.1) is 42.0 Å². The van der Waals surface area contributed by atoms with Crippen LogP contribution in [0.3, 0.4) is 0 Å². The Morgan fingerprint density at radius 3 is 2.32 bits per heavy atom. The summed E-state index contributed by atoms with van der Waals surface area (Å²) < 4.78 is 58.4. The van der Waals surface area contributed by atoms with Crippen LogP contribution in [0, 0.1) is 17.5 Å². The zero-order valence-corrected chi connectivity index (χ0v) is 34.0. The lowest BCUT2D eigenvalue weighted by molar-refractivity contribution is -0.137. The van der Waals surface area contributed by atoms with Crippen LogP contribution in [0.1, 0.15) is 35.8 Å². The number of hydrogen-bond donors (Lipinski definition) is 7. The van der Waals surface area contributed by atoms with Crippen LogP contribution in [-0.4, -0.2) is 89.7 Å². The number of anilines is 1. The number of aliphatic carboxylic acids is 1. The van der Waals surface area contributed by atoms with Gasteiger partial charge in [-0.25, -0.2) is 37.9 Å². The zero-order valence-electron chi connectivity index (χ0n) is 30.7. The highest BCUT2D eigenvalue weighted by atomic mass is 35.5. The molecule has 3 heterocycles. The minimum atomic E-state index is -4.10. The maximum atomic E-state index is 14.3. The van der Waals surface area contributed by atoms with Crippen molar-refractivity contribution in [2.75, 3.05) is 31.0 Å². The fourth-order valence-corrected chi connectivity index (χ4v) is 6.97. The Hall–Kier alpha value is -5.36. The first kappa shape index (κ1) is 48.0. The Morgan fingerprint density at radius 2 is 1.71 bits per heavy atom. The number of methoxy groups -OCH3 is 1. The van der Waals surface area contributed by atoms with E-state index in [9.17, 15) is 41.7 Å². The maximum absolute atomic E-state index is 14.3. The summed E-state index contributed by atoms with van der Waals surface area (Å²) in [6.45, 7) is 2.34. The molecule has 59 heavy (non-hydrogen) atoms. The molecule has 0 spiro atoms. The summed E-state index contributed by atoms with van der Waals surface area (Å²) in [6, 6.07) is 7.12. The highest BCUT2D eigenvalue weighted by Crippen LogP contribution is 2.33. The Labute approximate surface area is 344 Å². The highest BCUT2D eigenvalue weighted by Gasteiger charge is 2.17. The van der Waals surface area contributed by atoms with Gasteiger partial charge >= 0.3 is 36.4 Å². The third-order valence-electron chi connectivity index (χ3n) is 7.10. The van der Waals surface area contributed by atoms with E-state index in [1.165, 1.54) is 38.4 Å². The predicted octanol–water partition coefficient (Wildman–Crippen LogP) is 4.19. The normalized spacial score (nSPS) is 12.5. The van der Waals surface area contributed by atoms with E-state index < -0.39 is 61.8 Å². The van der Waals surface area contributed by atoms with Crippen LogP contribution in [0.25, 0.3) is 0 Å². The molecule has 7 N–H and O–H groups in total. The average Bonchev–Trinajstić information content (AvgIpc) is 3.48. The van der Waals surface area contributed by atoms with Crippen LogP contribution in [0.2, 0.25) is 5.02 Å². The average molecular weight is 907 g/mol. The van der Waals surface area contributed by atoms with Gasteiger partial charge in [-0.05, 0) is 67.5 Å². The molecule has 2 aromatic carbocycles. The van der Waals surface area contributed by atoms with Crippen molar-refractivity contribution < 1.29 is 61.7 Å². The number of carbonyl (C=O) groups is 4. The number of amides is 2. The lowest BCUT2D eigenvalue weighted by Crippen LogP contribution is -2.31. The number of carboxylic acid groups (broad SMARTS) is 2. The molecule has 1 aliphatic rings. The van der Waals surface area contributed by atoms with Gasteiger partial charge in [-0.15, -0.1) is 11.8 Å². The summed E-state index contributed by atoms with van der Waals surface area (Å²) in [5, 5.41) is 25.2. The molecule has 0 aliphatic carbocycles. The van der Waals surface area contributed by atoms with Crippen molar-refractivity contribution in [2.45, 2.75) is 37.8 Å². The van der Waals surface area contributed by atoms with Gasteiger partial charge in [0.1, 0.15) is 28.8 Å². The summed E-state index contributed by atoms with van der Waals surface area (Å²) in [7, 11) is -2.80. The van der Waals surface area contributed by atoms with Gasteiger partial charge in [0.2, 0.25) is 4.80 Å². The lowest BCUT2D eigenvalue weighted by atomic mass is 10.1. The molecule has 19 nitrogen and oxygen atoms in total. The zero-order chi connectivity index (χ0) is 43.9. The van der Waals surface area contributed by atoms with Gasteiger partial charge in [0, 0.05) is 35.9 Å². The summed E-state index contributed by atoms with van der Waals surface area (Å²) in [5.74, 6) is -4.94. The lowest BCUT2D eigenvalue weighted by Gasteiger charge is -2.15. The number of nitrogens with one attached hydrogen (secondary N) is 3. The first-order valence-corrected chi connectivity index (χ1v) is 20.5. The van der Waals surface area contributed by atoms with Crippen LogP contribution in [0.4, 0.5) is 29.3 Å². The first-order valence-electron chi connectivity index (χ1n) is 16.5. The van der Waals surface area contributed by atoms with Crippen molar-refractivity contribution in [3.63, 3.8) is 0 Å². The van der Waals surface area contributed by atoms with Crippen LogP contribution >= 0.6 is 42.3 Å². The number of aromatic carboxylic acids is 1. The number of urea groups is 1. The second-order valence-electron chi connectivity index (χ2n) is 11.6. The standard InChI is InChI=1S/C15H15ClFN3O3S2.C15H12F2N4O3.C3H8NO5P/c1-23-13(21)8-24-12-7-11(10(17)6-9(12)16)18-14-19-4-2-3-5-20(19)15(22)25-14;1-8(13-12(14(22)23)3-2-4-18-13)20-21-15(24)19-11-6-9(16)5-10(17)7-11;5-3(6)1-4-2-10(7,8)9/h6-7H,2-5,8H2,1H3;2-7H,1H3,(H,22,23)(H2,19,21,24);4H,1-2H2,(H,5,6)(H2,7,8,9)/b18-14-;20-8+;. The molecule has 0 fully saturated rings. The molecular formula is C33H35ClF3N8O11PS2. The molecule has 5 rings (SSSR count). The highest BCUT2D eigenvalue weighted by molar-refractivity contribution is 8.00. The van der Waals surface area contributed by atoms with Crippen LogP contribution < -0.4 is 25.7 Å². The molecule has 0 saturated heterocycles. The molecule has 0 atom stereocenters. The van der Waals surface area contributed by atoms with Gasteiger partial charge in [0.25, 0.3) is 0 Å². The van der Waals surface area contributed by atoms with Crippen molar-refractivity contribution in [1.29, 1.82) is 0 Å². The number of pyridine rings is 1. The van der Waals surface area contributed by atoms with Gasteiger partial charge in [-0.3, -0.25) is 33.9 Å². The second kappa shape index (κ2) is 22.7. The number of carbonyl (C=O) groups excluding carboxylic acids is 2. The largest absolute Gasteiger partial charge is 0.480 e. The number of rotatable bonds is 12. The first-order chi connectivity index (χ1) is 27.8. The number of ether oxygens (including phenoxy) is 1. The Bertz CT molecular complexity index is 2370. The van der Waals surface area contributed by atoms with E-state index in [1.54, 1.807) is 9.36 Å². The molecule has 2 amide bonds. The van der Waals surface area contributed by atoms with E-state index in [0.717, 1.165) is 54.1 Å². The number of esters is 1. The quantitative estimate of drug-likeness (QED) is 0.0345. The SMILES string of the molecule is C/C(=N\NC(=O)Nc1cc(F)cc(F)c1)c1ncccc1C(=O)O.COC(=O)CSc1cc(/N=c2\sc(=O)n3n2CCCC3)c(F)cc1Cl.O=C(O)CNCP(=O)(O)O. The number of hydrogen-bond acceptors (Lipinski definition) is 13. The second-order valence-corrected chi connectivity index (χ2v) is 15.6. The summed E-state index contributed by atoms with van der Waals surface area (Å²) in [5.41, 5.74) is 2.24. The number of thioether (sulfide) groups is 1. The molecule has 318 valence electrons. The van der Waals surface area contributed by atoms with E-state index in [1.807, 2.05) is 0 Å². The fraction of sp³-hybridized carbons (Fsp3) is 0.273. The van der Waals surface area contributed by atoms with Gasteiger partial charge < -0.3 is 30.1 Å². The maximum Gasteiger partial charge on any atom is 0.339 e. The molecule has 4 aromatic rings. The van der Waals surface area contributed by atoms with E-state index in [4.69, 9.17) is 31.6 Å². The van der Waals surface area contributed by atoms with Crippen molar-refractivity contribution in [2.24, 2.45) is 10.1 Å². The Balaban J connectivity index is 0.000000258. The van der Waals surface area contributed by atoms with Gasteiger partial charge in [-0.2, -0.15) is 5.10 Å². The fourth-order valence-electron chi connectivity index (χ4n) is 4.58. The number of hydrazone groups is 1. The Morgan fingerprint density at radius 1 is 1.05 bits per heavy atom. The van der Waals surface area contributed by atoms with Crippen LogP contribution in [0.15, 0.2) is 68.4 Å². The minimum absolute atomic E-state index is 0.0605. The molecule has 0 bridgehead atoms. The van der Waals surface area contributed by atoms with E-state index in [2.05, 4.69) is 35.9 Å².